The number of aromatic amines is 2. The summed E-state index contributed by atoms with van der Waals surface area (Å²) in [5.74, 6) is 0.841. The number of carbonyl (C=O) groups excluding carboxylic acids is 2. The van der Waals surface area contributed by atoms with Crippen molar-refractivity contribution < 1.29 is 19.4 Å². The first-order chi connectivity index (χ1) is 27.8. The van der Waals surface area contributed by atoms with Crippen LogP contribution < -0.4 is 0 Å². The number of aromatic nitrogens is 6. The Morgan fingerprint density at radius 2 is 1.23 bits per heavy atom. The van der Waals surface area contributed by atoms with Crippen LogP contribution in [0.4, 0.5) is 9.59 Å². The van der Waals surface area contributed by atoms with E-state index in [-0.39, 0.29) is 18.2 Å². The van der Waals surface area contributed by atoms with Crippen molar-refractivity contribution in [2.24, 2.45) is 0 Å². The number of fused-ring (bicyclic) bond motifs is 6. The molecule has 10 rings (SSSR count). The summed E-state index contributed by atoms with van der Waals surface area (Å²) in [6.07, 6.45) is 18.0. The number of likely N-dealkylation sites (tertiary alicyclic amines) is 4. The summed E-state index contributed by atoms with van der Waals surface area (Å²) in [7, 11) is 1.74. The Morgan fingerprint density at radius 1 is 0.702 bits per heavy atom. The summed E-state index contributed by atoms with van der Waals surface area (Å²) in [6, 6.07) is 8.65. The molecule has 6 aromatic heterocycles. The van der Waals surface area contributed by atoms with Gasteiger partial charge in [-0.25, -0.2) is 29.5 Å². The number of nitrogens with one attached hydrogen (secondary N) is 2. The summed E-state index contributed by atoms with van der Waals surface area (Å²) < 4.78 is 5.48. The molecule has 0 aromatic carbocycles. The van der Waals surface area contributed by atoms with E-state index in [0.29, 0.717) is 37.9 Å². The number of hydrogen-bond acceptors (Lipinski definition) is 8. The van der Waals surface area contributed by atoms with Crippen molar-refractivity contribution in [1.29, 1.82) is 0 Å². The van der Waals surface area contributed by atoms with Crippen LogP contribution in [0.3, 0.4) is 0 Å². The van der Waals surface area contributed by atoms with Gasteiger partial charge in [0, 0.05) is 99.3 Å². The third kappa shape index (κ3) is 7.36. The quantitative estimate of drug-likeness (QED) is 0.187. The molecule has 57 heavy (non-hydrogen) atoms. The van der Waals surface area contributed by atoms with E-state index < -0.39 is 5.60 Å². The maximum atomic E-state index is 13.0. The molecule has 2 atom stereocenters. The maximum Gasteiger partial charge on any atom is 0.320 e. The molecule has 0 spiro atoms. The number of rotatable bonds is 3. The molecule has 14 heteroatoms. The summed E-state index contributed by atoms with van der Waals surface area (Å²) >= 11 is 0. The molecule has 3 N–H and O–H groups in total. The molecule has 0 saturated carbocycles. The van der Waals surface area contributed by atoms with Crippen LogP contribution in [0.1, 0.15) is 74.8 Å². The number of aliphatic hydroxyl groups is 1. The van der Waals surface area contributed by atoms with Gasteiger partial charge in [0.25, 0.3) is 0 Å². The van der Waals surface area contributed by atoms with Gasteiger partial charge in [-0.1, -0.05) is 0 Å². The fourth-order valence-corrected chi connectivity index (χ4v) is 9.63. The number of β-amino-alcohol motifs (C(OH)–C–C–N with tert-alkyl or cyclic N) is 1. The Bertz CT molecular complexity index is 2390. The fourth-order valence-electron chi connectivity index (χ4n) is 9.63. The largest absolute Gasteiger partial charge is 0.388 e. The lowest BCUT2D eigenvalue weighted by molar-refractivity contribution is 0.0348. The third-order valence-corrected chi connectivity index (χ3v) is 12.8. The third-order valence-electron chi connectivity index (χ3n) is 12.8. The van der Waals surface area contributed by atoms with Gasteiger partial charge in [0.15, 0.2) is 11.3 Å². The number of piperidine rings is 3. The van der Waals surface area contributed by atoms with Crippen molar-refractivity contribution in [3.8, 4) is 0 Å². The van der Waals surface area contributed by atoms with E-state index in [0.717, 1.165) is 104 Å². The molecule has 4 aliphatic rings. The molecule has 298 valence electrons. The Morgan fingerprint density at radius 3 is 1.72 bits per heavy atom. The summed E-state index contributed by atoms with van der Waals surface area (Å²) in [5, 5.41) is 14.8. The highest BCUT2D eigenvalue weighted by Gasteiger charge is 2.37. The van der Waals surface area contributed by atoms with Crippen LogP contribution in [-0.4, -0.2) is 138 Å². The summed E-state index contributed by atoms with van der Waals surface area (Å²) in [6.45, 7) is 7.51. The number of ether oxygens (including phenoxy) is 1. The molecule has 4 amide bonds. The van der Waals surface area contributed by atoms with Gasteiger partial charge in [0.1, 0.15) is 0 Å². The van der Waals surface area contributed by atoms with Crippen LogP contribution in [0, 0.1) is 0 Å². The minimum absolute atomic E-state index is 0.0642. The first kappa shape index (κ1) is 37.2. The van der Waals surface area contributed by atoms with Crippen molar-refractivity contribution in [3.05, 3.63) is 72.6 Å². The molecule has 0 aliphatic carbocycles. The van der Waals surface area contributed by atoms with Crippen molar-refractivity contribution >= 4 is 55.9 Å². The summed E-state index contributed by atoms with van der Waals surface area (Å²) in [4.78, 5) is 57.7. The molecule has 14 nitrogen and oxygen atoms in total. The van der Waals surface area contributed by atoms with Gasteiger partial charge in [-0.3, -0.25) is 0 Å². The average Bonchev–Trinajstić information content (AvgIpc) is 4.03. The van der Waals surface area contributed by atoms with Crippen molar-refractivity contribution in [2.45, 2.75) is 75.4 Å². The lowest BCUT2D eigenvalue weighted by Crippen LogP contribution is -2.51. The van der Waals surface area contributed by atoms with Crippen LogP contribution in [0.5, 0.6) is 0 Å². The van der Waals surface area contributed by atoms with Crippen LogP contribution in [0.15, 0.2) is 61.4 Å². The van der Waals surface area contributed by atoms with Gasteiger partial charge in [0.2, 0.25) is 0 Å². The smallest absolute Gasteiger partial charge is 0.320 e. The number of amides is 4. The molecule has 2 unspecified atom stereocenters. The second kappa shape index (κ2) is 15.5. The molecular formula is C43H52N10O4. The van der Waals surface area contributed by atoms with Crippen molar-refractivity contribution in [1.82, 2.24) is 49.5 Å². The van der Waals surface area contributed by atoms with E-state index in [2.05, 4.69) is 42.0 Å². The number of methoxy groups -OCH3 is 1. The first-order valence-electron chi connectivity index (χ1n) is 20.5. The molecule has 4 aliphatic heterocycles. The van der Waals surface area contributed by atoms with Gasteiger partial charge < -0.3 is 39.4 Å². The van der Waals surface area contributed by atoms with E-state index in [1.807, 2.05) is 57.8 Å². The standard InChI is InChI=1S/C22H27N5O2.C21H25N5O2/c1-29-16-3-2-10-27(14-16)22(28)26-11-6-15(7-12-26)17-4-8-23-19-13-25-21-18(20(17)19)5-9-24-21;1-21(28)6-11-26(13-21)20(27)25-9-4-14(5-10-25)15-2-7-22-17-12-24-19-16(18(15)17)3-8-23-19/h4-5,8-9,13,15-16,23H,2-3,6-7,10-12,14H2,1H3;2-3,7-8,12,14,22,28H,4-6,9-11,13H2,1H3. The van der Waals surface area contributed by atoms with Crippen molar-refractivity contribution in [3.63, 3.8) is 0 Å². The van der Waals surface area contributed by atoms with Gasteiger partial charge in [-0.05, 0) is 99.1 Å². The molecule has 4 saturated heterocycles. The molecule has 0 bridgehead atoms. The van der Waals surface area contributed by atoms with E-state index in [1.165, 1.54) is 21.9 Å². The second-order valence-corrected chi connectivity index (χ2v) is 16.5. The zero-order chi connectivity index (χ0) is 39.1. The van der Waals surface area contributed by atoms with E-state index in [1.54, 1.807) is 25.1 Å². The van der Waals surface area contributed by atoms with E-state index in [9.17, 15) is 14.7 Å². The number of urea groups is 2. The molecule has 6 aromatic rings. The van der Waals surface area contributed by atoms with E-state index in [4.69, 9.17) is 4.74 Å². The van der Waals surface area contributed by atoms with Gasteiger partial charge in [0.05, 0.1) is 41.7 Å². The van der Waals surface area contributed by atoms with Crippen LogP contribution in [-0.2, 0) is 4.74 Å². The van der Waals surface area contributed by atoms with E-state index >= 15 is 0 Å². The molecule has 10 heterocycles. The van der Waals surface area contributed by atoms with Crippen molar-refractivity contribution in [2.75, 3.05) is 59.5 Å². The Kier molecular flexibility index (Phi) is 10.2. The Hall–Kier alpha value is -5.34. The lowest BCUT2D eigenvalue weighted by Gasteiger charge is -2.39. The topological polar surface area (TPSA) is 160 Å². The average molecular weight is 773 g/mol. The number of pyridine rings is 4. The molecule has 0 radical (unpaired) electrons. The van der Waals surface area contributed by atoms with Gasteiger partial charge in [-0.15, -0.1) is 0 Å². The number of hydrogen-bond donors (Lipinski definition) is 3. The SMILES string of the molecule is CC1(O)CCN(C(=O)N2CCC(c3cc[nH]c4cnc5nccc5c34)CC2)C1.COC1CCCN(C(=O)N2CCC(c3cc[nH]c4cnc5nccc5c34)CC2)C1. The highest BCUT2D eigenvalue weighted by Crippen LogP contribution is 2.37. The number of nitrogens with zero attached hydrogens (tertiary/aromatic N) is 8. The van der Waals surface area contributed by atoms with Crippen LogP contribution in [0.25, 0.3) is 43.9 Å². The number of H-pyrrole nitrogens is 2. The van der Waals surface area contributed by atoms with Crippen LogP contribution >= 0.6 is 0 Å². The van der Waals surface area contributed by atoms with Gasteiger partial charge >= 0.3 is 12.1 Å². The zero-order valence-corrected chi connectivity index (χ0v) is 32.9. The highest BCUT2D eigenvalue weighted by atomic mass is 16.5. The lowest BCUT2D eigenvalue weighted by atomic mass is 9.87. The first-order valence-corrected chi connectivity index (χ1v) is 20.5. The predicted molar refractivity (Wildman–Crippen MR) is 219 cm³/mol. The highest BCUT2D eigenvalue weighted by molar-refractivity contribution is 6.06. The molecular weight excluding hydrogens is 721 g/mol. The fraction of sp³-hybridized carbons (Fsp3) is 0.488. The molecule has 4 fully saturated rings. The minimum atomic E-state index is -0.750. The maximum absolute atomic E-state index is 13.0. The normalized spacial score (nSPS) is 22.5. The van der Waals surface area contributed by atoms with Crippen LogP contribution in [0.2, 0.25) is 0 Å². The minimum Gasteiger partial charge on any atom is -0.388 e. The Balaban J connectivity index is 0.000000148. The second-order valence-electron chi connectivity index (χ2n) is 16.5. The number of carbonyl (C=O) groups is 2. The summed E-state index contributed by atoms with van der Waals surface area (Å²) in [5.41, 5.74) is 5.54. The zero-order valence-electron chi connectivity index (χ0n) is 32.9. The van der Waals surface area contributed by atoms with Gasteiger partial charge in [-0.2, -0.15) is 0 Å². The monoisotopic (exact) mass is 772 g/mol. The predicted octanol–water partition coefficient (Wildman–Crippen LogP) is 6.39. The Labute approximate surface area is 331 Å².